The van der Waals surface area contributed by atoms with Gasteiger partial charge in [-0.05, 0) is 32.7 Å². The number of hydrogen-bond acceptors (Lipinski definition) is 6. The van der Waals surface area contributed by atoms with Crippen LogP contribution in [0.4, 0.5) is 11.8 Å². The lowest BCUT2D eigenvalue weighted by atomic mass is 9.71. The van der Waals surface area contributed by atoms with E-state index in [4.69, 9.17) is 5.73 Å². The lowest BCUT2D eigenvalue weighted by Crippen LogP contribution is -2.61. The molecule has 2 aliphatic heterocycles. The predicted octanol–water partition coefficient (Wildman–Crippen LogP) is 0.308. The largest absolute Gasteiger partial charge is 0.396 e. The highest BCUT2D eigenvalue weighted by atomic mass is 16.3. The summed E-state index contributed by atoms with van der Waals surface area (Å²) < 4.78 is 0. The first-order valence-corrected chi connectivity index (χ1v) is 7.33. The fourth-order valence-corrected chi connectivity index (χ4v) is 3.62. The number of nitrogen functional groups attached to an aromatic ring is 1. The minimum absolute atomic E-state index is 0.0515. The maximum atomic E-state index is 9.93. The molecule has 2 saturated heterocycles. The second-order valence-electron chi connectivity index (χ2n) is 6.07. The summed E-state index contributed by atoms with van der Waals surface area (Å²) in [6.07, 6.45) is 3.22. The fraction of sp³-hybridized carbons (Fsp3) is 0.714. The molecule has 1 aromatic heterocycles. The predicted molar refractivity (Wildman–Crippen MR) is 78.6 cm³/mol. The van der Waals surface area contributed by atoms with E-state index in [0.29, 0.717) is 12.0 Å². The molecule has 2 aliphatic rings. The van der Waals surface area contributed by atoms with Gasteiger partial charge in [-0.1, -0.05) is 0 Å². The molecule has 3 rings (SSSR count). The monoisotopic (exact) mass is 277 g/mol. The number of piperidine rings is 2. The minimum Gasteiger partial charge on any atom is -0.396 e. The Kier molecular flexibility index (Phi) is 3.52. The van der Waals surface area contributed by atoms with E-state index in [1.807, 2.05) is 13.0 Å². The molecule has 0 saturated carbocycles. The third-order valence-electron chi connectivity index (χ3n) is 4.67. The Morgan fingerprint density at radius 2 is 2.40 bits per heavy atom. The Bertz CT molecular complexity index is 474. The summed E-state index contributed by atoms with van der Waals surface area (Å²) in [5.74, 6) is 1.20. The molecule has 0 radical (unpaired) electrons. The van der Waals surface area contributed by atoms with Crippen LogP contribution < -0.4 is 16.0 Å². The Balaban J connectivity index is 1.85. The second kappa shape index (κ2) is 5.18. The molecule has 2 atom stereocenters. The summed E-state index contributed by atoms with van der Waals surface area (Å²) in [6.45, 7) is 4.98. The highest BCUT2D eigenvalue weighted by molar-refractivity contribution is 5.44. The Labute approximate surface area is 119 Å². The van der Waals surface area contributed by atoms with E-state index >= 15 is 0 Å². The zero-order chi connectivity index (χ0) is 14.2. The van der Waals surface area contributed by atoms with Crippen molar-refractivity contribution in [3.05, 3.63) is 11.8 Å². The molecule has 0 spiro atoms. The van der Waals surface area contributed by atoms with E-state index < -0.39 is 0 Å². The van der Waals surface area contributed by atoms with Gasteiger partial charge in [0.25, 0.3) is 0 Å². The number of nitrogens with one attached hydrogen (secondary N) is 1. The van der Waals surface area contributed by atoms with Crippen LogP contribution in [-0.2, 0) is 0 Å². The van der Waals surface area contributed by atoms with E-state index in [0.717, 1.165) is 50.4 Å². The smallest absolute Gasteiger partial charge is 0.222 e. The topological polar surface area (TPSA) is 87.3 Å². The number of aliphatic hydroxyl groups is 1. The van der Waals surface area contributed by atoms with Crippen LogP contribution in [0.5, 0.6) is 0 Å². The van der Waals surface area contributed by atoms with Crippen molar-refractivity contribution in [2.24, 2.45) is 5.41 Å². The van der Waals surface area contributed by atoms with Gasteiger partial charge in [0.2, 0.25) is 5.95 Å². The quantitative estimate of drug-likeness (QED) is 0.721. The molecule has 6 nitrogen and oxygen atoms in total. The molecule has 2 fully saturated rings. The van der Waals surface area contributed by atoms with Crippen molar-refractivity contribution in [1.82, 2.24) is 15.3 Å². The Hall–Kier alpha value is -1.40. The van der Waals surface area contributed by atoms with Crippen LogP contribution in [-0.4, -0.2) is 47.4 Å². The van der Waals surface area contributed by atoms with E-state index in [2.05, 4.69) is 20.2 Å². The van der Waals surface area contributed by atoms with Gasteiger partial charge in [0, 0.05) is 36.3 Å². The van der Waals surface area contributed by atoms with Crippen molar-refractivity contribution in [2.45, 2.75) is 32.2 Å². The van der Waals surface area contributed by atoms with Crippen LogP contribution in [0.15, 0.2) is 6.07 Å². The lowest BCUT2D eigenvalue weighted by molar-refractivity contribution is 0.0403. The first-order chi connectivity index (χ1) is 9.63. The van der Waals surface area contributed by atoms with Gasteiger partial charge in [0.1, 0.15) is 5.82 Å². The molecular weight excluding hydrogens is 254 g/mol. The summed E-state index contributed by atoms with van der Waals surface area (Å²) in [7, 11) is 0. The average molecular weight is 277 g/mol. The molecule has 110 valence electrons. The highest BCUT2D eigenvalue weighted by Gasteiger charge is 2.44. The second-order valence-corrected chi connectivity index (χ2v) is 6.07. The number of nitrogens with two attached hydrogens (primary N) is 1. The summed E-state index contributed by atoms with van der Waals surface area (Å²) in [5.41, 5.74) is 6.59. The normalized spacial score (nSPS) is 30.1. The van der Waals surface area contributed by atoms with E-state index in [1.54, 1.807) is 0 Å². The van der Waals surface area contributed by atoms with Crippen LogP contribution in [0.1, 0.15) is 25.0 Å². The van der Waals surface area contributed by atoms with Crippen LogP contribution >= 0.6 is 0 Å². The first kappa shape index (κ1) is 13.6. The van der Waals surface area contributed by atoms with E-state index in [-0.39, 0.29) is 12.0 Å². The highest BCUT2D eigenvalue weighted by Crippen LogP contribution is 2.38. The van der Waals surface area contributed by atoms with Crippen molar-refractivity contribution in [1.29, 1.82) is 0 Å². The van der Waals surface area contributed by atoms with Gasteiger partial charge >= 0.3 is 0 Å². The van der Waals surface area contributed by atoms with Gasteiger partial charge in [-0.15, -0.1) is 0 Å². The fourth-order valence-electron chi connectivity index (χ4n) is 3.62. The molecular formula is C14H23N5O. The number of anilines is 2. The molecule has 0 aromatic carbocycles. The zero-order valence-corrected chi connectivity index (χ0v) is 12.0. The SMILES string of the molecule is Cc1cc(N2CC[C@@H]3NCCC[C@@]3(CO)C2)nc(N)n1. The molecule has 0 unspecified atom stereocenters. The van der Waals surface area contributed by atoms with Gasteiger partial charge in [0.15, 0.2) is 0 Å². The number of rotatable bonds is 2. The van der Waals surface area contributed by atoms with Crippen molar-refractivity contribution in [3.63, 3.8) is 0 Å². The first-order valence-electron chi connectivity index (χ1n) is 7.33. The molecule has 0 amide bonds. The molecule has 3 heterocycles. The molecule has 1 aromatic rings. The Morgan fingerprint density at radius 3 is 3.15 bits per heavy atom. The number of aryl methyl sites for hydroxylation is 1. The van der Waals surface area contributed by atoms with Crippen LogP contribution in [0.25, 0.3) is 0 Å². The summed E-state index contributed by atoms with van der Waals surface area (Å²) in [5, 5.41) is 13.5. The maximum Gasteiger partial charge on any atom is 0.222 e. The third-order valence-corrected chi connectivity index (χ3v) is 4.67. The van der Waals surface area contributed by atoms with Crippen molar-refractivity contribution < 1.29 is 5.11 Å². The van der Waals surface area contributed by atoms with Crippen LogP contribution in [0.3, 0.4) is 0 Å². The number of aromatic nitrogens is 2. The molecule has 6 heteroatoms. The summed E-state index contributed by atoms with van der Waals surface area (Å²) in [4.78, 5) is 10.7. The average Bonchev–Trinajstić information content (AvgIpc) is 2.45. The molecule has 0 aliphatic carbocycles. The number of hydrogen-bond donors (Lipinski definition) is 3. The summed E-state index contributed by atoms with van der Waals surface area (Å²) in [6, 6.07) is 2.38. The maximum absolute atomic E-state index is 9.93. The molecule has 0 bridgehead atoms. The van der Waals surface area contributed by atoms with Gasteiger partial charge in [-0.25, -0.2) is 4.98 Å². The number of aliphatic hydroxyl groups excluding tert-OH is 1. The van der Waals surface area contributed by atoms with Crippen molar-refractivity contribution in [2.75, 3.05) is 36.9 Å². The Morgan fingerprint density at radius 1 is 1.55 bits per heavy atom. The molecule has 4 N–H and O–H groups in total. The van der Waals surface area contributed by atoms with E-state index in [9.17, 15) is 5.11 Å². The standard InChI is InChI=1S/C14H23N5O/c1-10-7-12(18-13(15)17-10)19-6-3-11-14(8-19,9-20)4-2-5-16-11/h7,11,16,20H,2-6,8-9H2,1H3,(H2,15,17,18)/t11-,14-/m0/s1. The third kappa shape index (κ3) is 2.33. The van der Waals surface area contributed by atoms with Crippen molar-refractivity contribution >= 4 is 11.8 Å². The van der Waals surface area contributed by atoms with Gasteiger partial charge < -0.3 is 21.1 Å². The van der Waals surface area contributed by atoms with Gasteiger partial charge in [0.05, 0.1) is 6.61 Å². The zero-order valence-electron chi connectivity index (χ0n) is 12.0. The minimum atomic E-state index is -0.0515. The number of fused-ring (bicyclic) bond motifs is 1. The van der Waals surface area contributed by atoms with E-state index in [1.165, 1.54) is 0 Å². The van der Waals surface area contributed by atoms with Crippen molar-refractivity contribution in [3.8, 4) is 0 Å². The van der Waals surface area contributed by atoms with Gasteiger partial charge in [-0.2, -0.15) is 4.98 Å². The molecule has 20 heavy (non-hydrogen) atoms. The number of nitrogens with zero attached hydrogens (tertiary/aromatic N) is 3. The lowest BCUT2D eigenvalue weighted by Gasteiger charge is -2.50. The van der Waals surface area contributed by atoms with Gasteiger partial charge in [-0.3, -0.25) is 0 Å². The van der Waals surface area contributed by atoms with Crippen LogP contribution in [0, 0.1) is 12.3 Å². The summed E-state index contributed by atoms with van der Waals surface area (Å²) >= 11 is 0. The van der Waals surface area contributed by atoms with Crippen LogP contribution in [0.2, 0.25) is 0 Å².